The molecule has 0 saturated carbocycles. The van der Waals surface area contributed by atoms with Gasteiger partial charge in [0, 0.05) is 32.2 Å². The molecule has 5 nitrogen and oxygen atoms in total. The Kier molecular flexibility index (Phi) is 10.5. The largest absolute Gasteiger partial charge is 0.388 e. The zero-order valence-corrected chi connectivity index (χ0v) is 19.3. The molecule has 1 saturated heterocycles. The number of nitrogens with one attached hydrogen (secondary N) is 2. The zero-order chi connectivity index (χ0) is 19.6. The van der Waals surface area contributed by atoms with Gasteiger partial charge in [0.05, 0.1) is 12.2 Å². The summed E-state index contributed by atoms with van der Waals surface area (Å²) < 4.78 is 5.96. The van der Waals surface area contributed by atoms with E-state index in [0.717, 1.165) is 37.6 Å². The first-order valence-electron chi connectivity index (χ1n) is 10.2. The molecule has 0 aromatic heterocycles. The molecule has 0 amide bonds. The van der Waals surface area contributed by atoms with Crippen molar-refractivity contribution in [2.75, 3.05) is 26.2 Å². The van der Waals surface area contributed by atoms with Crippen molar-refractivity contribution in [1.29, 1.82) is 0 Å². The van der Waals surface area contributed by atoms with Crippen LogP contribution in [-0.4, -0.2) is 37.3 Å². The molecule has 0 bridgehead atoms. The molecule has 1 heterocycles. The number of halogens is 1. The highest BCUT2D eigenvalue weighted by Crippen LogP contribution is 2.34. The van der Waals surface area contributed by atoms with Crippen LogP contribution in [0.15, 0.2) is 65.7 Å². The lowest BCUT2D eigenvalue weighted by molar-refractivity contribution is 0.0925. The van der Waals surface area contributed by atoms with Crippen LogP contribution in [0.3, 0.4) is 0 Å². The van der Waals surface area contributed by atoms with Crippen molar-refractivity contribution >= 4 is 29.9 Å². The molecule has 1 aliphatic heterocycles. The lowest BCUT2D eigenvalue weighted by Gasteiger charge is -2.19. The van der Waals surface area contributed by atoms with Gasteiger partial charge in [-0.25, -0.2) is 0 Å². The van der Waals surface area contributed by atoms with Gasteiger partial charge in [0.25, 0.3) is 0 Å². The topological polar surface area (TPSA) is 65.9 Å². The summed E-state index contributed by atoms with van der Waals surface area (Å²) in [6, 6.07) is 20.2. The number of hydrogen-bond acceptors (Lipinski definition) is 3. The van der Waals surface area contributed by atoms with E-state index >= 15 is 0 Å². The van der Waals surface area contributed by atoms with Gasteiger partial charge in [0.1, 0.15) is 0 Å². The number of aliphatic imine (C=N–C) groups is 1. The van der Waals surface area contributed by atoms with Gasteiger partial charge in [0.2, 0.25) is 0 Å². The van der Waals surface area contributed by atoms with Crippen molar-refractivity contribution in [2.45, 2.75) is 32.0 Å². The van der Waals surface area contributed by atoms with Crippen LogP contribution < -0.4 is 10.6 Å². The van der Waals surface area contributed by atoms with E-state index in [9.17, 15) is 5.11 Å². The first kappa shape index (κ1) is 23.6. The van der Waals surface area contributed by atoms with Crippen LogP contribution in [0.5, 0.6) is 0 Å². The van der Waals surface area contributed by atoms with Gasteiger partial charge >= 0.3 is 0 Å². The second-order valence-electron chi connectivity index (χ2n) is 7.11. The second kappa shape index (κ2) is 12.8. The average Bonchev–Trinajstić information content (AvgIpc) is 3.22. The van der Waals surface area contributed by atoms with Crippen molar-refractivity contribution in [3.05, 3.63) is 71.8 Å². The Morgan fingerprint density at radius 2 is 1.79 bits per heavy atom. The third-order valence-electron chi connectivity index (χ3n) is 5.07. The first-order valence-corrected chi connectivity index (χ1v) is 10.2. The van der Waals surface area contributed by atoms with Gasteiger partial charge in [-0.3, -0.25) is 4.99 Å². The third kappa shape index (κ3) is 7.28. The van der Waals surface area contributed by atoms with E-state index in [1.165, 1.54) is 5.56 Å². The molecule has 6 heteroatoms. The molecule has 3 N–H and O–H groups in total. The van der Waals surface area contributed by atoms with Crippen molar-refractivity contribution < 1.29 is 9.84 Å². The smallest absolute Gasteiger partial charge is 0.191 e. The highest BCUT2D eigenvalue weighted by molar-refractivity contribution is 14.0. The number of nitrogens with zero attached hydrogens (tertiary/aromatic N) is 1. The summed E-state index contributed by atoms with van der Waals surface area (Å²) in [5.74, 6) is 1.18. The Balaban J connectivity index is 0.00000300. The van der Waals surface area contributed by atoms with E-state index in [4.69, 9.17) is 9.73 Å². The highest BCUT2D eigenvalue weighted by atomic mass is 127. The molecule has 1 aliphatic rings. The Bertz CT molecular complexity index is 727. The molecule has 0 aliphatic carbocycles. The quantitative estimate of drug-likeness (QED) is 0.285. The summed E-state index contributed by atoms with van der Waals surface area (Å²) in [4.78, 5) is 4.77. The lowest BCUT2D eigenvalue weighted by atomic mass is 9.95. The maximum absolute atomic E-state index is 10.3. The molecule has 3 unspecified atom stereocenters. The van der Waals surface area contributed by atoms with Crippen molar-refractivity contribution in [3.8, 4) is 0 Å². The van der Waals surface area contributed by atoms with Crippen LogP contribution in [-0.2, 0) is 4.74 Å². The van der Waals surface area contributed by atoms with Gasteiger partial charge in [-0.05, 0) is 30.9 Å². The molecule has 29 heavy (non-hydrogen) atoms. The summed E-state index contributed by atoms with van der Waals surface area (Å²) in [5.41, 5.74) is 2.17. The number of aliphatic hydroxyl groups is 1. The van der Waals surface area contributed by atoms with Crippen LogP contribution in [0.2, 0.25) is 0 Å². The Labute approximate surface area is 191 Å². The average molecular weight is 509 g/mol. The van der Waals surface area contributed by atoms with Crippen molar-refractivity contribution in [3.63, 3.8) is 0 Å². The molecule has 2 aromatic carbocycles. The molecule has 1 fully saturated rings. The van der Waals surface area contributed by atoms with E-state index in [0.29, 0.717) is 18.9 Å². The molecular formula is C23H32IN3O2. The molecule has 3 atom stereocenters. The Hall–Kier alpha value is -1.64. The van der Waals surface area contributed by atoms with E-state index in [1.807, 2.05) is 36.4 Å². The summed E-state index contributed by atoms with van der Waals surface area (Å²) in [6.07, 6.45) is 1.30. The number of aliphatic hydroxyl groups excluding tert-OH is 1. The Morgan fingerprint density at radius 3 is 2.48 bits per heavy atom. The number of ether oxygens (including phenoxy) is 1. The minimum atomic E-state index is -0.470. The minimum Gasteiger partial charge on any atom is -0.388 e. The van der Waals surface area contributed by atoms with E-state index < -0.39 is 6.10 Å². The fourth-order valence-corrected chi connectivity index (χ4v) is 3.55. The monoisotopic (exact) mass is 509 g/mol. The van der Waals surface area contributed by atoms with Crippen molar-refractivity contribution in [1.82, 2.24) is 10.6 Å². The summed E-state index contributed by atoms with van der Waals surface area (Å²) in [7, 11) is 0. The molecule has 2 aromatic rings. The molecule has 3 rings (SSSR count). The van der Waals surface area contributed by atoms with Crippen molar-refractivity contribution in [2.24, 2.45) is 10.9 Å². The first-order chi connectivity index (χ1) is 13.8. The lowest BCUT2D eigenvalue weighted by Crippen LogP contribution is -2.38. The molecular weight excluding hydrogens is 477 g/mol. The van der Waals surface area contributed by atoms with Crippen LogP contribution in [0.4, 0.5) is 0 Å². The standard InChI is InChI=1S/C23H31N3O2.HI/c1-2-24-23(25-15-13-21(27)18-9-5-3-6-10-18)26-17-20-14-16-28-22(20)19-11-7-4-8-12-19;/h3-12,20-22,27H,2,13-17H2,1H3,(H2,24,25,26);1H. The van der Waals surface area contributed by atoms with Gasteiger partial charge in [-0.2, -0.15) is 0 Å². The number of benzene rings is 2. The van der Waals surface area contributed by atoms with Gasteiger partial charge < -0.3 is 20.5 Å². The number of hydrogen-bond donors (Lipinski definition) is 3. The zero-order valence-electron chi connectivity index (χ0n) is 17.0. The van der Waals surface area contributed by atoms with E-state index in [2.05, 4.69) is 41.8 Å². The number of rotatable bonds is 8. The Morgan fingerprint density at radius 1 is 1.10 bits per heavy atom. The fourth-order valence-electron chi connectivity index (χ4n) is 3.55. The fraction of sp³-hybridized carbons (Fsp3) is 0.435. The molecule has 158 valence electrons. The highest BCUT2D eigenvalue weighted by Gasteiger charge is 2.29. The van der Waals surface area contributed by atoms with E-state index in [-0.39, 0.29) is 30.1 Å². The van der Waals surface area contributed by atoms with Gasteiger partial charge in [-0.15, -0.1) is 24.0 Å². The minimum absolute atomic E-state index is 0. The summed E-state index contributed by atoms with van der Waals surface area (Å²) in [5, 5.41) is 16.9. The maximum Gasteiger partial charge on any atom is 0.191 e. The normalized spacial score (nSPS) is 20.0. The SMILES string of the molecule is CCNC(=NCC1CCOC1c1ccccc1)NCCC(O)c1ccccc1.I. The summed E-state index contributed by atoms with van der Waals surface area (Å²) >= 11 is 0. The number of guanidine groups is 1. The predicted octanol–water partition coefficient (Wildman–Crippen LogP) is 4.06. The second-order valence-corrected chi connectivity index (χ2v) is 7.11. The van der Waals surface area contributed by atoms with Crippen LogP contribution in [0, 0.1) is 5.92 Å². The van der Waals surface area contributed by atoms with Crippen LogP contribution >= 0.6 is 24.0 Å². The molecule has 0 radical (unpaired) electrons. The summed E-state index contributed by atoms with van der Waals surface area (Å²) in [6.45, 7) is 5.02. The van der Waals surface area contributed by atoms with Gasteiger partial charge in [0.15, 0.2) is 5.96 Å². The van der Waals surface area contributed by atoms with E-state index in [1.54, 1.807) is 0 Å². The maximum atomic E-state index is 10.3. The van der Waals surface area contributed by atoms with Crippen LogP contribution in [0.1, 0.15) is 43.1 Å². The molecule has 0 spiro atoms. The van der Waals surface area contributed by atoms with Gasteiger partial charge in [-0.1, -0.05) is 60.7 Å². The third-order valence-corrected chi connectivity index (χ3v) is 5.07. The predicted molar refractivity (Wildman–Crippen MR) is 129 cm³/mol. The van der Waals surface area contributed by atoms with Crippen LogP contribution in [0.25, 0.3) is 0 Å².